The summed E-state index contributed by atoms with van der Waals surface area (Å²) in [6.07, 6.45) is 4.20. The van der Waals surface area contributed by atoms with E-state index < -0.39 is 0 Å². The molecule has 2 rings (SSSR count). The van der Waals surface area contributed by atoms with Crippen LogP contribution in [-0.4, -0.2) is 29.6 Å². The van der Waals surface area contributed by atoms with Crippen LogP contribution in [0, 0.1) is 5.92 Å². The summed E-state index contributed by atoms with van der Waals surface area (Å²) in [6, 6.07) is 1.60. The van der Waals surface area contributed by atoms with E-state index in [1.54, 1.807) is 6.07 Å². The van der Waals surface area contributed by atoms with Crippen LogP contribution < -0.4 is 16.2 Å². The van der Waals surface area contributed by atoms with Gasteiger partial charge in [-0.15, -0.1) is 0 Å². The van der Waals surface area contributed by atoms with Crippen molar-refractivity contribution in [3.05, 3.63) is 22.2 Å². The maximum atomic E-state index is 11.6. The zero-order valence-corrected chi connectivity index (χ0v) is 11.0. The Balaban J connectivity index is 2.15. The Morgan fingerprint density at radius 3 is 3.17 bits per heavy atom. The van der Waals surface area contributed by atoms with Crippen LogP contribution in [0.25, 0.3) is 0 Å². The summed E-state index contributed by atoms with van der Waals surface area (Å²) in [6.45, 7) is 4.69. The molecule has 100 valence electrons. The number of hydrogen-bond donors (Lipinski definition) is 2. The molecule has 1 fully saturated rings. The van der Waals surface area contributed by atoms with Gasteiger partial charge < -0.3 is 15.6 Å². The summed E-state index contributed by atoms with van der Waals surface area (Å²) in [5.74, 6) is 2.21. The highest BCUT2D eigenvalue weighted by atomic mass is 16.1. The lowest BCUT2D eigenvalue weighted by Gasteiger charge is -2.33. The molecule has 0 radical (unpaired) electrons. The van der Waals surface area contributed by atoms with Crippen LogP contribution in [0.4, 0.5) is 5.82 Å². The Kier molecular flexibility index (Phi) is 4.36. The minimum atomic E-state index is -0.0576. The number of nitrogens with zero attached hydrogens (tertiary/aromatic N) is 2. The van der Waals surface area contributed by atoms with E-state index in [4.69, 9.17) is 5.73 Å². The average Bonchev–Trinajstić information content (AvgIpc) is 2.39. The van der Waals surface area contributed by atoms with E-state index in [2.05, 4.69) is 14.9 Å². The second kappa shape index (κ2) is 6.00. The van der Waals surface area contributed by atoms with E-state index in [1.807, 2.05) is 6.92 Å². The summed E-state index contributed by atoms with van der Waals surface area (Å²) in [7, 11) is 0. The fourth-order valence-electron chi connectivity index (χ4n) is 2.57. The summed E-state index contributed by atoms with van der Waals surface area (Å²) in [5, 5.41) is 0. The maximum Gasteiger partial charge on any atom is 0.252 e. The number of aryl methyl sites for hydroxylation is 1. The number of aromatic amines is 1. The van der Waals surface area contributed by atoms with Crippen LogP contribution >= 0.6 is 0 Å². The van der Waals surface area contributed by atoms with Crippen LogP contribution in [0.3, 0.4) is 0 Å². The first kappa shape index (κ1) is 13.1. The van der Waals surface area contributed by atoms with E-state index in [1.165, 1.54) is 6.42 Å². The fourth-order valence-corrected chi connectivity index (χ4v) is 2.57. The lowest BCUT2D eigenvalue weighted by molar-refractivity contribution is 0.394. The van der Waals surface area contributed by atoms with Crippen molar-refractivity contribution in [3.8, 4) is 0 Å². The molecule has 5 heteroatoms. The van der Waals surface area contributed by atoms with E-state index >= 15 is 0 Å². The second-order valence-corrected chi connectivity index (χ2v) is 4.94. The molecule has 2 heterocycles. The van der Waals surface area contributed by atoms with Gasteiger partial charge in [0.1, 0.15) is 11.6 Å². The Morgan fingerprint density at radius 2 is 2.44 bits per heavy atom. The minimum absolute atomic E-state index is 0.0576. The van der Waals surface area contributed by atoms with Gasteiger partial charge >= 0.3 is 0 Å². The Hall–Kier alpha value is -1.36. The first-order valence-corrected chi connectivity index (χ1v) is 6.78. The van der Waals surface area contributed by atoms with Gasteiger partial charge in [-0.3, -0.25) is 4.79 Å². The van der Waals surface area contributed by atoms with Crippen molar-refractivity contribution in [1.82, 2.24) is 9.97 Å². The first-order chi connectivity index (χ1) is 8.72. The highest BCUT2D eigenvalue weighted by Crippen LogP contribution is 2.22. The van der Waals surface area contributed by atoms with Gasteiger partial charge in [0, 0.05) is 25.6 Å². The van der Waals surface area contributed by atoms with Gasteiger partial charge in [-0.1, -0.05) is 6.92 Å². The summed E-state index contributed by atoms with van der Waals surface area (Å²) in [4.78, 5) is 21.1. The summed E-state index contributed by atoms with van der Waals surface area (Å²) >= 11 is 0. The Labute approximate surface area is 107 Å². The third-order valence-electron chi connectivity index (χ3n) is 3.53. The van der Waals surface area contributed by atoms with Gasteiger partial charge in [-0.25, -0.2) is 4.98 Å². The number of piperidine rings is 1. The molecule has 18 heavy (non-hydrogen) atoms. The third-order valence-corrected chi connectivity index (χ3v) is 3.53. The van der Waals surface area contributed by atoms with Gasteiger partial charge in [0.15, 0.2) is 0 Å². The van der Waals surface area contributed by atoms with Gasteiger partial charge in [0.2, 0.25) is 0 Å². The standard InChI is InChI=1S/C13H22N4O/c1-2-11-15-12(8-13(18)16-11)17-7-3-4-10(9-17)5-6-14/h8,10H,2-7,9,14H2,1H3,(H,15,16,18). The summed E-state index contributed by atoms with van der Waals surface area (Å²) in [5.41, 5.74) is 5.57. The zero-order valence-electron chi connectivity index (χ0n) is 11.0. The van der Waals surface area contributed by atoms with Crippen LogP contribution in [0.15, 0.2) is 10.9 Å². The highest BCUT2D eigenvalue weighted by molar-refractivity contribution is 5.38. The van der Waals surface area contributed by atoms with Gasteiger partial charge in [-0.2, -0.15) is 0 Å². The predicted octanol–water partition coefficient (Wildman–Crippen LogP) is 0.897. The third kappa shape index (κ3) is 3.10. The van der Waals surface area contributed by atoms with Crippen molar-refractivity contribution in [2.75, 3.05) is 24.5 Å². The van der Waals surface area contributed by atoms with E-state index in [-0.39, 0.29) is 5.56 Å². The topological polar surface area (TPSA) is 75.0 Å². The van der Waals surface area contributed by atoms with Gasteiger partial charge in [0.05, 0.1) is 0 Å². The molecular weight excluding hydrogens is 228 g/mol. The van der Waals surface area contributed by atoms with Crippen molar-refractivity contribution in [3.63, 3.8) is 0 Å². The quantitative estimate of drug-likeness (QED) is 0.832. The molecular formula is C13H22N4O. The SMILES string of the molecule is CCc1nc(N2CCCC(CCN)C2)cc(=O)[nH]1. The molecule has 0 aromatic carbocycles. The normalized spacial score (nSPS) is 20.1. The van der Waals surface area contributed by atoms with Crippen LogP contribution in [-0.2, 0) is 6.42 Å². The maximum absolute atomic E-state index is 11.6. The van der Waals surface area contributed by atoms with Crippen molar-refractivity contribution in [1.29, 1.82) is 0 Å². The molecule has 1 saturated heterocycles. The fraction of sp³-hybridized carbons (Fsp3) is 0.692. The van der Waals surface area contributed by atoms with Crippen LogP contribution in [0.2, 0.25) is 0 Å². The molecule has 0 bridgehead atoms. The average molecular weight is 250 g/mol. The van der Waals surface area contributed by atoms with E-state index in [0.717, 1.165) is 50.5 Å². The lowest BCUT2D eigenvalue weighted by Crippen LogP contribution is -2.37. The zero-order chi connectivity index (χ0) is 13.0. The van der Waals surface area contributed by atoms with Gasteiger partial charge in [-0.05, 0) is 31.7 Å². The molecule has 0 saturated carbocycles. The summed E-state index contributed by atoms with van der Waals surface area (Å²) < 4.78 is 0. The second-order valence-electron chi connectivity index (χ2n) is 4.94. The number of aromatic nitrogens is 2. The smallest absolute Gasteiger partial charge is 0.252 e. The van der Waals surface area contributed by atoms with Crippen molar-refractivity contribution < 1.29 is 0 Å². The number of anilines is 1. The number of H-pyrrole nitrogens is 1. The Bertz CT molecular complexity index is 441. The molecule has 1 atom stereocenters. The van der Waals surface area contributed by atoms with Crippen molar-refractivity contribution in [2.45, 2.75) is 32.6 Å². The molecule has 1 aromatic rings. The molecule has 1 aromatic heterocycles. The number of nitrogens with two attached hydrogens (primary N) is 1. The predicted molar refractivity (Wildman–Crippen MR) is 72.8 cm³/mol. The van der Waals surface area contributed by atoms with Crippen molar-refractivity contribution >= 4 is 5.82 Å². The molecule has 1 aliphatic rings. The number of hydrogen-bond acceptors (Lipinski definition) is 4. The molecule has 5 nitrogen and oxygen atoms in total. The molecule has 1 unspecified atom stereocenters. The van der Waals surface area contributed by atoms with E-state index in [9.17, 15) is 4.79 Å². The minimum Gasteiger partial charge on any atom is -0.356 e. The van der Waals surface area contributed by atoms with Gasteiger partial charge in [0.25, 0.3) is 5.56 Å². The number of rotatable bonds is 4. The largest absolute Gasteiger partial charge is 0.356 e. The molecule has 0 aliphatic carbocycles. The molecule has 0 spiro atoms. The lowest BCUT2D eigenvalue weighted by atomic mass is 9.95. The van der Waals surface area contributed by atoms with Crippen LogP contribution in [0.1, 0.15) is 32.0 Å². The molecule has 1 aliphatic heterocycles. The Morgan fingerprint density at radius 1 is 1.61 bits per heavy atom. The van der Waals surface area contributed by atoms with Crippen LogP contribution in [0.5, 0.6) is 0 Å². The monoisotopic (exact) mass is 250 g/mol. The molecule has 0 amide bonds. The number of nitrogens with one attached hydrogen (secondary N) is 1. The molecule has 3 N–H and O–H groups in total. The highest BCUT2D eigenvalue weighted by Gasteiger charge is 2.20. The van der Waals surface area contributed by atoms with Crippen molar-refractivity contribution in [2.24, 2.45) is 11.7 Å². The van der Waals surface area contributed by atoms with E-state index in [0.29, 0.717) is 5.92 Å². The first-order valence-electron chi connectivity index (χ1n) is 6.78.